The fraction of sp³-hybridized carbons (Fsp3) is 0.444. The van der Waals surface area contributed by atoms with E-state index in [4.69, 9.17) is 9.47 Å². The van der Waals surface area contributed by atoms with Gasteiger partial charge in [0.25, 0.3) is 5.91 Å². The number of hydrogen-bond donors (Lipinski definition) is 1. The first-order valence-electron chi connectivity index (χ1n) is 8.87. The molecule has 0 saturated carbocycles. The molecule has 0 radical (unpaired) electrons. The largest absolute Gasteiger partial charge is 0.497 e. The van der Waals surface area contributed by atoms with E-state index < -0.39 is 9.84 Å². The molecule has 2 aliphatic rings. The summed E-state index contributed by atoms with van der Waals surface area (Å²) in [6.07, 6.45) is 1.89. The molecule has 144 valence electrons. The van der Waals surface area contributed by atoms with Crippen LogP contribution in [0.2, 0.25) is 0 Å². The normalized spacial score (nSPS) is 20.4. The maximum atomic E-state index is 12.9. The standard InChI is InChI=1S/C18H21N3O5S/c1-25-13-5-2-4-12(10-13)15-16(17(22)19-11-14-6-3-8-26-14)21-7-9-27(23,24)18(21)20-15/h2,4-5,10,14H,3,6-9,11H2,1H3,(H,19,22)/t14-/m0/s1. The number of aromatic nitrogens is 2. The molecule has 27 heavy (non-hydrogen) atoms. The molecule has 0 aliphatic carbocycles. The Morgan fingerprint density at radius 3 is 3.04 bits per heavy atom. The van der Waals surface area contributed by atoms with Gasteiger partial charge in [0.05, 0.1) is 19.0 Å². The molecule has 0 unspecified atom stereocenters. The molecule has 1 atom stereocenters. The topological polar surface area (TPSA) is 99.5 Å². The second-order valence-corrected chi connectivity index (χ2v) is 8.64. The Balaban J connectivity index is 1.73. The van der Waals surface area contributed by atoms with E-state index in [-0.39, 0.29) is 35.2 Å². The fourth-order valence-electron chi connectivity index (χ4n) is 3.48. The number of sulfone groups is 1. The van der Waals surface area contributed by atoms with Crippen molar-refractivity contribution >= 4 is 15.7 Å². The molecule has 1 N–H and O–H groups in total. The summed E-state index contributed by atoms with van der Waals surface area (Å²) in [7, 11) is -1.93. The highest BCUT2D eigenvalue weighted by atomic mass is 32.2. The van der Waals surface area contributed by atoms with E-state index in [1.54, 1.807) is 31.4 Å². The van der Waals surface area contributed by atoms with E-state index in [1.807, 2.05) is 0 Å². The Kier molecular flexibility index (Phi) is 4.65. The number of carbonyl (C=O) groups excluding carboxylic acids is 1. The molecule has 2 aromatic rings. The van der Waals surface area contributed by atoms with Gasteiger partial charge in [0.1, 0.15) is 17.1 Å². The maximum absolute atomic E-state index is 12.9. The highest BCUT2D eigenvalue weighted by Crippen LogP contribution is 2.31. The van der Waals surface area contributed by atoms with Gasteiger partial charge in [-0.05, 0) is 25.0 Å². The van der Waals surface area contributed by atoms with E-state index in [2.05, 4.69) is 10.3 Å². The minimum Gasteiger partial charge on any atom is -0.497 e. The number of nitrogens with zero attached hydrogens (tertiary/aromatic N) is 2. The fourth-order valence-corrected chi connectivity index (χ4v) is 4.83. The van der Waals surface area contributed by atoms with Crippen molar-refractivity contribution < 1.29 is 22.7 Å². The third kappa shape index (κ3) is 3.32. The number of carbonyl (C=O) groups is 1. The lowest BCUT2D eigenvalue weighted by molar-refractivity contribution is 0.0850. The molecule has 4 rings (SSSR count). The van der Waals surface area contributed by atoms with Crippen molar-refractivity contribution in [1.29, 1.82) is 0 Å². The Morgan fingerprint density at radius 1 is 1.44 bits per heavy atom. The van der Waals surface area contributed by atoms with Crippen LogP contribution in [0.1, 0.15) is 23.3 Å². The van der Waals surface area contributed by atoms with Gasteiger partial charge >= 0.3 is 0 Å². The summed E-state index contributed by atoms with van der Waals surface area (Å²) in [6.45, 7) is 1.32. The van der Waals surface area contributed by atoms with Gasteiger partial charge in [0.2, 0.25) is 15.0 Å². The van der Waals surface area contributed by atoms with E-state index >= 15 is 0 Å². The van der Waals surface area contributed by atoms with Crippen LogP contribution in [-0.4, -0.2) is 56.0 Å². The van der Waals surface area contributed by atoms with E-state index in [0.717, 1.165) is 12.8 Å². The van der Waals surface area contributed by atoms with Crippen molar-refractivity contribution in [1.82, 2.24) is 14.9 Å². The average molecular weight is 391 g/mol. The first-order chi connectivity index (χ1) is 13.0. The van der Waals surface area contributed by atoms with Gasteiger partial charge in [0.15, 0.2) is 0 Å². The third-order valence-electron chi connectivity index (χ3n) is 4.87. The molecule has 1 aromatic carbocycles. The van der Waals surface area contributed by atoms with Gasteiger partial charge in [-0.2, -0.15) is 0 Å². The Bertz CT molecular complexity index is 977. The lowest BCUT2D eigenvalue weighted by Gasteiger charge is -2.12. The molecular formula is C18H21N3O5S. The van der Waals surface area contributed by atoms with E-state index in [0.29, 0.717) is 30.2 Å². The molecular weight excluding hydrogens is 370 g/mol. The predicted octanol–water partition coefficient (Wildman–Crippen LogP) is 1.25. The number of nitrogens with one attached hydrogen (secondary N) is 1. The van der Waals surface area contributed by atoms with Crippen LogP contribution in [0, 0.1) is 0 Å². The van der Waals surface area contributed by atoms with Crippen molar-refractivity contribution in [3.63, 3.8) is 0 Å². The lowest BCUT2D eigenvalue weighted by Crippen LogP contribution is -2.33. The maximum Gasteiger partial charge on any atom is 0.270 e. The number of ether oxygens (including phenoxy) is 2. The molecule has 0 bridgehead atoms. The SMILES string of the molecule is COc1cccc(-c2nc3n(c2C(=O)NC[C@@H]2CCCO2)CCS3(=O)=O)c1. The highest BCUT2D eigenvalue weighted by molar-refractivity contribution is 7.91. The van der Waals surface area contributed by atoms with Crippen LogP contribution >= 0.6 is 0 Å². The van der Waals surface area contributed by atoms with Crippen LogP contribution in [0.5, 0.6) is 5.75 Å². The predicted molar refractivity (Wildman–Crippen MR) is 97.6 cm³/mol. The number of benzene rings is 1. The summed E-state index contributed by atoms with van der Waals surface area (Å²) in [4.78, 5) is 17.2. The Hall–Kier alpha value is -2.39. The molecule has 8 nitrogen and oxygen atoms in total. The van der Waals surface area contributed by atoms with Gasteiger partial charge in [-0.3, -0.25) is 4.79 Å². The first kappa shape index (κ1) is 18.0. The van der Waals surface area contributed by atoms with Crippen molar-refractivity contribution in [3.8, 4) is 17.0 Å². The van der Waals surface area contributed by atoms with Crippen LogP contribution in [-0.2, 0) is 21.1 Å². The van der Waals surface area contributed by atoms with Crippen molar-refractivity contribution in [2.24, 2.45) is 0 Å². The summed E-state index contributed by atoms with van der Waals surface area (Å²) in [5.74, 6) is 0.216. The highest BCUT2D eigenvalue weighted by Gasteiger charge is 2.35. The smallest absolute Gasteiger partial charge is 0.270 e. The summed E-state index contributed by atoms with van der Waals surface area (Å²) in [6, 6.07) is 7.08. The molecule has 9 heteroatoms. The molecule has 1 amide bonds. The zero-order chi connectivity index (χ0) is 19.0. The quantitative estimate of drug-likeness (QED) is 0.824. The van der Waals surface area contributed by atoms with Gasteiger partial charge in [-0.15, -0.1) is 0 Å². The Labute approximate surface area is 157 Å². The van der Waals surface area contributed by atoms with Crippen molar-refractivity contribution in [2.45, 2.75) is 30.6 Å². The van der Waals surface area contributed by atoms with Crippen molar-refractivity contribution in [3.05, 3.63) is 30.0 Å². The van der Waals surface area contributed by atoms with Crippen LogP contribution in [0.3, 0.4) is 0 Å². The molecule has 1 fully saturated rings. The van der Waals surface area contributed by atoms with Crippen LogP contribution in [0.4, 0.5) is 0 Å². The van der Waals surface area contributed by atoms with Crippen molar-refractivity contribution in [2.75, 3.05) is 26.0 Å². The first-order valence-corrected chi connectivity index (χ1v) is 10.5. The summed E-state index contributed by atoms with van der Waals surface area (Å²) in [5.41, 5.74) is 1.24. The van der Waals surface area contributed by atoms with Crippen LogP contribution in [0.25, 0.3) is 11.3 Å². The number of imidazole rings is 1. The second kappa shape index (κ2) is 6.97. The molecule has 3 heterocycles. The third-order valence-corrected chi connectivity index (χ3v) is 6.45. The molecule has 0 spiro atoms. The van der Waals surface area contributed by atoms with E-state index in [9.17, 15) is 13.2 Å². The van der Waals surface area contributed by atoms with Gasteiger partial charge in [-0.25, -0.2) is 13.4 Å². The number of rotatable bonds is 5. The lowest BCUT2D eigenvalue weighted by atomic mass is 10.1. The molecule has 1 saturated heterocycles. The zero-order valence-electron chi connectivity index (χ0n) is 15.0. The number of methoxy groups -OCH3 is 1. The van der Waals surface area contributed by atoms with E-state index in [1.165, 1.54) is 4.57 Å². The van der Waals surface area contributed by atoms with Gasteiger partial charge < -0.3 is 19.4 Å². The zero-order valence-corrected chi connectivity index (χ0v) is 15.8. The number of fused-ring (bicyclic) bond motifs is 1. The van der Waals surface area contributed by atoms with Gasteiger partial charge in [-0.1, -0.05) is 12.1 Å². The molecule has 2 aliphatic heterocycles. The monoisotopic (exact) mass is 391 g/mol. The minimum atomic E-state index is -3.48. The average Bonchev–Trinajstić information content (AvgIpc) is 3.37. The number of hydrogen-bond acceptors (Lipinski definition) is 6. The minimum absolute atomic E-state index is 0.000998. The number of amides is 1. The van der Waals surface area contributed by atoms with Gasteiger partial charge in [0, 0.05) is 25.3 Å². The van der Waals surface area contributed by atoms with Crippen LogP contribution < -0.4 is 10.1 Å². The summed E-state index contributed by atoms with van der Waals surface area (Å²) < 4.78 is 36.9. The molecule has 1 aromatic heterocycles. The summed E-state index contributed by atoms with van der Waals surface area (Å²) >= 11 is 0. The van der Waals surface area contributed by atoms with Crippen LogP contribution in [0.15, 0.2) is 29.4 Å². The second-order valence-electron chi connectivity index (χ2n) is 6.64. The summed E-state index contributed by atoms with van der Waals surface area (Å²) in [5, 5.41) is 2.82. The Morgan fingerprint density at radius 2 is 2.30 bits per heavy atom.